The number of allylic oxidation sites excluding steroid dienone is 4. The molecular formula is C16H30OS. The molecule has 106 valence electrons. The fraction of sp³-hybridized carbons (Fsp3) is 0.750. The van der Waals surface area contributed by atoms with Gasteiger partial charge in [-0.1, -0.05) is 31.4 Å². The Morgan fingerprint density at radius 2 is 1.83 bits per heavy atom. The first kappa shape index (κ1) is 17.8. The Hall–Kier alpha value is -0.210. The van der Waals surface area contributed by atoms with E-state index in [-0.39, 0.29) is 0 Å². The number of rotatable bonds is 8. The van der Waals surface area contributed by atoms with Gasteiger partial charge in [0.1, 0.15) is 0 Å². The first-order chi connectivity index (χ1) is 8.34. The number of hydrogen-bond donors (Lipinski definition) is 2. The third kappa shape index (κ3) is 7.27. The standard InChI is InChI=1S/C16H30OS/c1-6-11-16(5,17)12-9-8-10-15(18)14(4)13(3)7-2/h7,17-18H,6,8-12H2,1-5H3/b13-7?,15-14+. The lowest BCUT2D eigenvalue weighted by atomic mass is 9.93. The Morgan fingerprint density at radius 1 is 1.22 bits per heavy atom. The predicted octanol–water partition coefficient (Wildman–Crippen LogP) is 5.27. The molecular weight excluding hydrogens is 240 g/mol. The van der Waals surface area contributed by atoms with Gasteiger partial charge in [0.15, 0.2) is 0 Å². The van der Waals surface area contributed by atoms with Crippen LogP contribution in [0.1, 0.15) is 73.1 Å². The van der Waals surface area contributed by atoms with Crippen molar-refractivity contribution in [3.05, 3.63) is 22.1 Å². The van der Waals surface area contributed by atoms with Gasteiger partial charge in [0.25, 0.3) is 0 Å². The van der Waals surface area contributed by atoms with E-state index in [1.807, 2.05) is 6.92 Å². The molecule has 0 saturated carbocycles. The highest BCUT2D eigenvalue weighted by Gasteiger charge is 2.17. The molecule has 1 N–H and O–H groups in total. The number of hydrogen-bond acceptors (Lipinski definition) is 2. The number of aliphatic hydroxyl groups is 1. The van der Waals surface area contributed by atoms with Crippen LogP contribution >= 0.6 is 12.6 Å². The maximum absolute atomic E-state index is 10.1. The second-order valence-electron chi connectivity index (χ2n) is 5.50. The largest absolute Gasteiger partial charge is 0.390 e. The van der Waals surface area contributed by atoms with Gasteiger partial charge in [-0.05, 0) is 63.9 Å². The van der Waals surface area contributed by atoms with Crippen molar-refractivity contribution in [3.63, 3.8) is 0 Å². The maximum atomic E-state index is 10.1. The Bertz CT molecular complexity index is 300. The minimum atomic E-state index is -0.483. The molecule has 0 aliphatic heterocycles. The summed E-state index contributed by atoms with van der Waals surface area (Å²) < 4.78 is 0. The minimum absolute atomic E-state index is 0.483. The normalized spacial score (nSPS) is 17.4. The zero-order valence-electron chi connectivity index (χ0n) is 12.7. The van der Waals surface area contributed by atoms with E-state index in [0.29, 0.717) is 0 Å². The van der Waals surface area contributed by atoms with Crippen molar-refractivity contribution in [1.29, 1.82) is 0 Å². The van der Waals surface area contributed by atoms with Crippen LogP contribution < -0.4 is 0 Å². The maximum Gasteiger partial charge on any atom is 0.0619 e. The molecule has 18 heavy (non-hydrogen) atoms. The average Bonchev–Trinajstić information content (AvgIpc) is 2.32. The van der Waals surface area contributed by atoms with E-state index in [0.717, 1.165) is 38.5 Å². The zero-order valence-corrected chi connectivity index (χ0v) is 13.6. The third-order valence-corrected chi connectivity index (χ3v) is 4.18. The molecule has 0 spiro atoms. The van der Waals surface area contributed by atoms with Crippen molar-refractivity contribution in [2.45, 2.75) is 78.7 Å². The van der Waals surface area contributed by atoms with Crippen molar-refractivity contribution in [2.75, 3.05) is 0 Å². The summed E-state index contributed by atoms with van der Waals surface area (Å²) in [6, 6.07) is 0. The Balaban J connectivity index is 4.06. The average molecular weight is 270 g/mol. The van der Waals surface area contributed by atoms with E-state index in [2.05, 4.69) is 46.4 Å². The van der Waals surface area contributed by atoms with Crippen LogP contribution in [0.4, 0.5) is 0 Å². The molecule has 1 atom stereocenters. The fourth-order valence-corrected chi connectivity index (χ4v) is 2.43. The van der Waals surface area contributed by atoms with Crippen LogP contribution in [0.15, 0.2) is 22.1 Å². The van der Waals surface area contributed by atoms with Gasteiger partial charge in [0, 0.05) is 0 Å². The first-order valence-electron chi connectivity index (χ1n) is 7.08. The molecule has 1 unspecified atom stereocenters. The number of unbranched alkanes of at least 4 members (excludes halogenated alkanes) is 1. The highest BCUT2D eigenvalue weighted by molar-refractivity contribution is 7.84. The highest BCUT2D eigenvalue weighted by atomic mass is 32.1. The number of thiol groups is 1. The summed E-state index contributed by atoms with van der Waals surface area (Å²) in [6.45, 7) is 10.4. The summed E-state index contributed by atoms with van der Waals surface area (Å²) in [6.07, 6.45) is 8.15. The lowest BCUT2D eigenvalue weighted by Gasteiger charge is -2.22. The first-order valence-corrected chi connectivity index (χ1v) is 7.53. The molecule has 0 aromatic rings. The summed E-state index contributed by atoms with van der Waals surface area (Å²) >= 11 is 4.58. The Labute approximate surface area is 119 Å². The molecule has 0 bridgehead atoms. The van der Waals surface area contributed by atoms with Crippen LogP contribution in [-0.4, -0.2) is 10.7 Å². The zero-order chi connectivity index (χ0) is 14.2. The van der Waals surface area contributed by atoms with Crippen molar-refractivity contribution >= 4 is 12.6 Å². The van der Waals surface area contributed by atoms with Crippen LogP contribution in [0.25, 0.3) is 0 Å². The monoisotopic (exact) mass is 270 g/mol. The molecule has 0 radical (unpaired) electrons. The summed E-state index contributed by atoms with van der Waals surface area (Å²) in [5.74, 6) is 0. The highest BCUT2D eigenvalue weighted by Crippen LogP contribution is 2.24. The van der Waals surface area contributed by atoms with E-state index >= 15 is 0 Å². The minimum Gasteiger partial charge on any atom is -0.390 e. The van der Waals surface area contributed by atoms with E-state index < -0.39 is 5.60 Å². The molecule has 0 saturated heterocycles. The quantitative estimate of drug-likeness (QED) is 0.350. The van der Waals surface area contributed by atoms with Crippen LogP contribution in [0, 0.1) is 0 Å². The van der Waals surface area contributed by atoms with Gasteiger partial charge >= 0.3 is 0 Å². The van der Waals surface area contributed by atoms with E-state index in [4.69, 9.17) is 0 Å². The van der Waals surface area contributed by atoms with Crippen molar-refractivity contribution < 1.29 is 5.11 Å². The van der Waals surface area contributed by atoms with E-state index in [1.165, 1.54) is 16.1 Å². The van der Waals surface area contributed by atoms with Gasteiger partial charge < -0.3 is 5.11 Å². The molecule has 2 heteroatoms. The molecule has 0 fully saturated rings. The topological polar surface area (TPSA) is 20.2 Å². The lowest BCUT2D eigenvalue weighted by molar-refractivity contribution is 0.0388. The molecule has 0 amide bonds. The second kappa shape index (κ2) is 8.82. The van der Waals surface area contributed by atoms with Gasteiger partial charge in [0.05, 0.1) is 5.60 Å². The lowest BCUT2D eigenvalue weighted by Crippen LogP contribution is -2.23. The van der Waals surface area contributed by atoms with Crippen molar-refractivity contribution in [2.24, 2.45) is 0 Å². The Morgan fingerprint density at radius 3 is 2.33 bits per heavy atom. The van der Waals surface area contributed by atoms with Crippen LogP contribution in [0.2, 0.25) is 0 Å². The summed E-state index contributed by atoms with van der Waals surface area (Å²) in [4.78, 5) is 1.18. The predicted molar refractivity (Wildman–Crippen MR) is 85.1 cm³/mol. The SMILES string of the molecule is CC=C(C)/C(C)=C(/S)CCCCC(C)(O)CCC. The fourth-order valence-electron chi connectivity index (χ4n) is 2.09. The molecule has 0 heterocycles. The van der Waals surface area contributed by atoms with Crippen LogP contribution in [0.3, 0.4) is 0 Å². The van der Waals surface area contributed by atoms with Crippen molar-refractivity contribution in [1.82, 2.24) is 0 Å². The van der Waals surface area contributed by atoms with Gasteiger partial charge in [-0.2, -0.15) is 0 Å². The smallest absolute Gasteiger partial charge is 0.0619 e. The summed E-state index contributed by atoms with van der Waals surface area (Å²) in [5.41, 5.74) is 2.11. The second-order valence-corrected chi connectivity index (χ2v) is 6.04. The molecule has 0 aliphatic rings. The van der Waals surface area contributed by atoms with Gasteiger partial charge in [-0.15, -0.1) is 12.6 Å². The Kier molecular flexibility index (Phi) is 8.71. The third-order valence-electron chi connectivity index (χ3n) is 3.62. The van der Waals surface area contributed by atoms with Gasteiger partial charge in [-0.25, -0.2) is 0 Å². The summed E-state index contributed by atoms with van der Waals surface area (Å²) in [7, 11) is 0. The van der Waals surface area contributed by atoms with Crippen LogP contribution in [-0.2, 0) is 0 Å². The molecule has 1 nitrogen and oxygen atoms in total. The van der Waals surface area contributed by atoms with E-state index in [9.17, 15) is 5.11 Å². The van der Waals surface area contributed by atoms with E-state index in [1.54, 1.807) is 0 Å². The van der Waals surface area contributed by atoms with Gasteiger partial charge in [-0.3, -0.25) is 0 Å². The van der Waals surface area contributed by atoms with Gasteiger partial charge in [0.2, 0.25) is 0 Å². The molecule has 0 aromatic heterocycles. The molecule has 0 rings (SSSR count). The van der Waals surface area contributed by atoms with Crippen molar-refractivity contribution in [3.8, 4) is 0 Å². The summed E-state index contributed by atoms with van der Waals surface area (Å²) in [5, 5.41) is 10.1. The molecule has 0 aromatic carbocycles. The van der Waals surface area contributed by atoms with Crippen LogP contribution in [0.5, 0.6) is 0 Å². The molecule has 0 aliphatic carbocycles.